The number of amides is 1. The third-order valence-electron chi connectivity index (χ3n) is 3.60. The Morgan fingerprint density at radius 3 is 2.21 bits per heavy atom. The highest BCUT2D eigenvalue weighted by Gasteiger charge is 2.29. The number of unbranched alkanes of at least 4 members (excludes halogenated alkanes) is 3. The van der Waals surface area contributed by atoms with Crippen LogP contribution in [0.4, 0.5) is 0 Å². The SMILES string of the molecule is CCCCCCC1=CN(CC)N(CC)N(CC)C1=O. The third kappa shape index (κ3) is 3.96. The fraction of sp³-hybridized carbons (Fsp3) is 0.800. The van der Waals surface area contributed by atoms with E-state index in [4.69, 9.17) is 0 Å². The second-order valence-electron chi connectivity index (χ2n) is 4.93. The summed E-state index contributed by atoms with van der Waals surface area (Å²) in [6, 6.07) is 0. The first kappa shape index (κ1) is 16.0. The summed E-state index contributed by atoms with van der Waals surface area (Å²) in [4.78, 5) is 12.4. The number of likely N-dealkylation sites (N-methyl/N-ethyl adjacent to an activating group) is 1. The summed E-state index contributed by atoms with van der Waals surface area (Å²) in [6.07, 6.45) is 7.78. The van der Waals surface area contributed by atoms with Crippen LogP contribution in [0.15, 0.2) is 11.8 Å². The zero-order chi connectivity index (χ0) is 14.3. The van der Waals surface area contributed by atoms with Gasteiger partial charge in [-0.25, -0.2) is 0 Å². The van der Waals surface area contributed by atoms with Gasteiger partial charge in [0.05, 0.1) is 0 Å². The van der Waals surface area contributed by atoms with Gasteiger partial charge in [0, 0.05) is 31.4 Å². The number of carbonyl (C=O) groups excluding carboxylic acids is 1. The molecule has 0 fully saturated rings. The minimum Gasteiger partial charge on any atom is -0.295 e. The van der Waals surface area contributed by atoms with Crippen LogP contribution in [0.25, 0.3) is 0 Å². The highest BCUT2D eigenvalue weighted by molar-refractivity contribution is 5.93. The molecule has 1 aliphatic rings. The van der Waals surface area contributed by atoms with E-state index in [1.54, 1.807) is 0 Å². The zero-order valence-corrected chi connectivity index (χ0v) is 13.0. The lowest BCUT2D eigenvalue weighted by Gasteiger charge is -2.44. The fourth-order valence-electron chi connectivity index (χ4n) is 2.54. The molecule has 0 atom stereocenters. The summed E-state index contributed by atoms with van der Waals surface area (Å²) < 4.78 is 0. The molecule has 0 radical (unpaired) electrons. The Hall–Kier alpha value is -1.03. The lowest BCUT2D eigenvalue weighted by Crippen LogP contribution is -2.57. The number of hydrazine groups is 2. The molecule has 4 nitrogen and oxygen atoms in total. The smallest absolute Gasteiger partial charge is 0.267 e. The Morgan fingerprint density at radius 1 is 0.947 bits per heavy atom. The number of rotatable bonds is 8. The molecule has 0 aliphatic carbocycles. The second-order valence-corrected chi connectivity index (χ2v) is 4.93. The maximum absolute atomic E-state index is 12.4. The molecule has 0 bridgehead atoms. The molecule has 1 rings (SSSR count). The molecule has 0 aromatic carbocycles. The topological polar surface area (TPSA) is 26.8 Å². The van der Waals surface area contributed by atoms with Crippen LogP contribution in [0.2, 0.25) is 0 Å². The average Bonchev–Trinajstić information content (AvgIpc) is 2.44. The van der Waals surface area contributed by atoms with E-state index in [9.17, 15) is 4.79 Å². The van der Waals surface area contributed by atoms with Crippen LogP contribution in [0, 0.1) is 0 Å². The van der Waals surface area contributed by atoms with Crippen molar-refractivity contribution < 1.29 is 4.79 Å². The Bertz CT molecular complexity index is 315. The van der Waals surface area contributed by atoms with Gasteiger partial charge in [-0.15, -0.1) is 5.12 Å². The van der Waals surface area contributed by atoms with E-state index in [1.165, 1.54) is 19.3 Å². The first-order valence-electron chi connectivity index (χ1n) is 7.76. The summed E-state index contributed by atoms with van der Waals surface area (Å²) in [5, 5.41) is 6.05. The van der Waals surface area contributed by atoms with E-state index in [2.05, 4.69) is 25.8 Å². The monoisotopic (exact) mass is 267 g/mol. The molecule has 19 heavy (non-hydrogen) atoms. The molecule has 0 aromatic heterocycles. The summed E-state index contributed by atoms with van der Waals surface area (Å²) in [5.74, 6) is 0.186. The number of nitrogens with zero attached hydrogens (tertiary/aromatic N) is 3. The maximum atomic E-state index is 12.4. The van der Waals surface area contributed by atoms with E-state index in [0.717, 1.165) is 38.0 Å². The fourth-order valence-corrected chi connectivity index (χ4v) is 2.54. The van der Waals surface area contributed by atoms with Crippen molar-refractivity contribution in [3.05, 3.63) is 11.8 Å². The van der Waals surface area contributed by atoms with Crippen LogP contribution in [0.5, 0.6) is 0 Å². The van der Waals surface area contributed by atoms with Gasteiger partial charge in [-0.2, -0.15) is 0 Å². The van der Waals surface area contributed by atoms with E-state index >= 15 is 0 Å². The van der Waals surface area contributed by atoms with E-state index in [1.807, 2.05) is 23.3 Å². The van der Waals surface area contributed by atoms with Gasteiger partial charge in [-0.1, -0.05) is 26.2 Å². The summed E-state index contributed by atoms with van der Waals surface area (Å²) in [5.41, 5.74) is 0.963. The Morgan fingerprint density at radius 2 is 1.68 bits per heavy atom. The Labute approximate surface area is 118 Å². The number of hydrogen-bond acceptors (Lipinski definition) is 3. The first-order chi connectivity index (χ1) is 9.19. The van der Waals surface area contributed by atoms with Gasteiger partial charge >= 0.3 is 0 Å². The summed E-state index contributed by atoms with van der Waals surface area (Å²) in [6.45, 7) is 10.9. The number of hydrogen-bond donors (Lipinski definition) is 0. The quantitative estimate of drug-likeness (QED) is 0.632. The van der Waals surface area contributed by atoms with Gasteiger partial charge in [0.2, 0.25) is 0 Å². The first-order valence-corrected chi connectivity index (χ1v) is 7.76. The Balaban J connectivity index is 2.73. The van der Waals surface area contributed by atoms with Crippen molar-refractivity contribution in [1.29, 1.82) is 0 Å². The summed E-state index contributed by atoms with van der Waals surface area (Å²) >= 11 is 0. The highest BCUT2D eigenvalue weighted by atomic mass is 16.2. The minimum atomic E-state index is 0.186. The highest BCUT2D eigenvalue weighted by Crippen LogP contribution is 2.21. The van der Waals surface area contributed by atoms with E-state index < -0.39 is 0 Å². The average molecular weight is 267 g/mol. The second kappa shape index (κ2) is 8.20. The number of carbonyl (C=O) groups is 1. The van der Waals surface area contributed by atoms with Crippen LogP contribution in [0.3, 0.4) is 0 Å². The van der Waals surface area contributed by atoms with Crippen molar-refractivity contribution >= 4 is 5.91 Å². The molecular weight excluding hydrogens is 238 g/mol. The molecule has 0 spiro atoms. The van der Waals surface area contributed by atoms with Crippen molar-refractivity contribution in [2.24, 2.45) is 0 Å². The van der Waals surface area contributed by atoms with Crippen molar-refractivity contribution in [1.82, 2.24) is 15.1 Å². The lowest BCUT2D eigenvalue weighted by molar-refractivity contribution is -0.183. The van der Waals surface area contributed by atoms with Gasteiger partial charge in [0.1, 0.15) is 0 Å². The molecule has 0 saturated carbocycles. The van der Waals surface area contributed by atoms with Gasteiger partial charge in [-0.3, -0.25) is 14.8 Å². The molecular formula is C15H29N3O. The molecule has 0 aromatic rings. The predicted octanol–water partition coefficient (Wildman–Crippen LogP) is 3.18. The predicted molar refractivity (Wildman–Crippen MR) is 79.0 cm³/mol. The molecule has 0 N–H and O–H groups in total. The van der Waals surface area contributed by atoms with Crippen molar-refractivity contribution in [3.8, 4) is 0 Å². The van der Waals surface area contributed by atoms with Gasteiger partial charge in [-0.05, 0) is 33.6 Å². The zero-order valence-electron chi connectivity index (χ0n) is 13.0. The van der Waals surface area contributed by atoms with Crippen LogP contribution < -0.4 is 0 Å². The standard InChI is InChI=1S/C15H29N3O/c1-5-9-10-11-12-14-13-16(6-2)18(8-4)17(7-3)15(14)19/h13H,5-12H2,1-4H3. The van der Waals surface area contributed by atoms with Crippen LogP contribution >= 0.6 is 0 Å². The van der Waals surface area contributed by atoms with E-state index in [0.29, 0.717) is 0 Å². The molecule has 1 heterocycles. The molecule has 4 heteroatoms. The molecule has 0 saturated heterocycles. The van der Waals surface area contributed by atoms with Crippen molar-refractivity contribution in [2.45, 2.75) is 59.8 Å². The molecule has 0 unspecified atom stereocenters. The Kier molecular flexibility index (Phi) is 6.92. The molecule has 110 valence electrons. The van der Waals surface area contributed by atoms with Gasteiger partial charge in [0.15, 0.2) is 0 Å². The van der Waals surface area contributed by atoms with Crippen molar-refractivity contribution in [3.63, 3.8) is 0 Å². The maximum Gasteiger partial charge on any atom is 0.267 e. The molecule has 1 amide bonds. The van der Waals surface area contributed by atoms with Crippen molar-refractivity contribution in [2.75, 3.05) is 19.6 Å². The third-order valence-corrected chi connectivity index (χ3v) is 3.60. The summed E-state index contributed by atoms with van der Waals surface area (Å²) in [7, 11) is 0. The largest absolute Gasteiger partial charge is 0.295 e. The van der Waals surface area contributed by atoms with Gasteiger partial charge < -0.3 is 0 Å². The lowest BCUT2D eigenvalue weighted by atomic mass is 10.1. The normalized spacial score (nSPS) is 17.1. The van der Waals surface area contributed by atoms with Crippen LogP contribution in [-0.4, -0.2) is 40.7 Å². The van der Waals surface area contributed by atoms with Gasteiger partial charge in [0.25, 0.3) is 5.91 Å². The van der Waals surface area contributed by atoms with E-state index in [-0.39, 0.29) is 5.91 Å². The molecule has 1 aliphatic heterocycles. The van der Waals surface area contributed by atoms with Crippen LogP contribution in [0.1, 0.15) is 59.8 Å². The minimum absolute atomic E-state index is 0.186. The van der Waals surface area contributed by atoms with Crippen LogP contribution in [-0.2, 0) is 4.79 Å².